The van der Waals surface area contributed by atoms with Crippen LogP contribution in [0.4, 0.5) is 21.9 Å². The van der Waals surface area contributed by atoms with Gasteiger partial charge in [0.1, 0.15) is 12.3 Å². The fourth-order valence-corrected chi connectivity index (χ4v) is 2.33. The summed E-state index contributed by atoms with van der Waals surface area (Å²) in [7, 11) is 1.46. The normalized spacial score (nSPS) is 13.0. The number of carbonyl (C=O) groups is 2. The number of benzene rings is 1. The van der Waals surface area contributed by atoms with Crippen molar-refractivity contribution in [2.24, 2.45) is 0 Å². The van der Waals surface area contributed by atoms with Gasteiger partial charge < -0.3 is 10.1 Å². The van der Waals surface area contributed by atoms with Crippen molar-refractivity contribution in [2.75, 3.05) is 17.3 Å². The van der Waals surface area contributed by atoms with Gasteiger partial charge >= 0.3 is 6.09 Å². The maximum Gasteiger partial charge on any atom is 0.414 e. The van der Waals surface area contributed by atoms with Crippen LogP contribution in [-0.4, -0.2) is 29.0 Å². The molecule has 24 heavy (non-hydrogen) atoms. The number of rotatable bonds is 3. The highest BCUT2D eigenvalue weighted by Crippen LogP contribution is 2.36. The number of pyridine rings is 1. The molecule has 122 valence electrons. The van der Waals surface area contributed by atoms with Crippen molar-refractivity contribution in [3.8, 4) is 0 Å². The summed E-state index contributed by atoms with van der Waals surface area (Å²) < 4.78 is 4.96. The highest BCUT2D eigenvalue weighted by molar-refractivity contribution is 6.05. The van der Waals surface area contributed by atoms with Gasteiger partial charge in [-0.1, -0.05) is 0 Å². The van der Waals surface area contributed by atoms with E-state index in [0.717, 1.165) is 0 Å². The van der Waals surface area contributed by atoms with Gasteiger partial charge in [0.05, 0.1) is 16.2 Å². The SMILES string of the molecule is CN1C(=O)OCc2cc(NC(=O)c3cccnc3)c([N+](=O)[O-])cc21. The molecule has 0 saturated heterocycles. The van der Waals surface area contributed by atoms with Gasteiger partial charge in [0.15, 0.2) is 0 Å². The van der Waals surface area contributed by atoms with E-state index in [2.05, 4.69) is 10.3 Å². The van der Waals surface area contributed by atoms with Crippen molar-refractivity contribution >= 4 is 29.1 Å². The second kappa shape index (κ2) is 5.95. The van der Waals surface area contributed by atoms with E-state index < -0.39 is 16.9 Å². The van der Waals surface area contributed by atoms with E-state index in [1.807, 2.05) is 0 Å². The highest BCUT2D eigenvalue weighted by atomic mass is 16.6. The van der Waals surface area contributed by atoms with Gasteiger partial charge in [-0.25, -0.2) is 4.79 Å². The lowest BCUT2D eigenvalue weighted by Gasteiger charge is -2.25. The topological polar surface area (TPSA) is 115 Å². The first-order valence-corrected chi connectivity index (χ1v) is 6.90. The lowest BCUT2D eigenvalue weighted by atomic mass is 10.1. The summed E-state index contributed by atoms with van der Waals surface area (Å²) >= 11 is 0. The maximum atomic E-state index is 12.2. The van der Waals surface area contributed by atoms with Crippen LogP contribution >= 0.6 is 0 Å². The molecule has 2 heterocycles. The first-order chi connectivity index (χ1) is 11.5. The van der Waals surface area contributed by atoms with Crippen molar-refractivity contribution in [3.05, 3.63) is 57.9 Å². The van der Waals surface area contributed by atoms with E-state index in [9.17, 15) is 19.7 Å². The van der Waals surface area contributed by atoms with Gasteiger partial charge in [0.2, 0.25) is 0 Å². The van der Waals surface area contributed by atoms with Gasteiger partial charge in [-0.2, -0.15) is 0 Å². The molecular weight excluding hydrogens is 316 g/mol. The fraction of sp³-hybridized carbons (Fsp3) is 0.133. The Hall–Kier alpha value is -3.49. The number of nitrogens with zero attached hydrogens (tertiary/aromatic N) is 3. The quantitative estimate of drug-likeness (QED) is 0.683. The fourth-order valence-electron chi connectivity index (χ4n) is 2.33. The average molecular weight is 328 g/mol. The monoisotopic (exact) mass is 328 g/mol. The zero-order chi connectivity index (χ0) is 17.3. The number of amides is 2. The molecule has 1 aromatic carbocycles. The number of nitrogens with one attached hydrogen (secondary N) is 1. The molecule has 1 aromatic heterocycles. The van der Waals surface area contributed by atoms with Crippen molar-refractivity contribution in [1.29, 1.82) is 0 Å². The van der Waals surface area contributed by atoms with Crippen LogP contribution in [0.1, 0.15) is 15.9 Å². The summed E-state index contributed by atoms with van der Waals surface area (Å²) in [6.45, 7) is -0.0216. The van der Waals surface area contributed by atoms with Crippen LogP contribution in [0.25, 0.3) is 0 Å². The number of hydrogen-bond acceptors (Lipinski definition) is 6. The van der Waals surface area contributed by atoms with Gasteiger partial charge in [0.25, 0.3) is 11.6 Å². The highest BCUT2D eigenvalue weighted by Gasteiger charge is 2.28. The Morgan fingerprint density at radius 2 is 2.25 bits per heavy atom. The van der Waals surface area contributed by atoms with Crippen molar-refractivity contribution in [3.63, 3.8) is 0 Å². The zero-order valence-electron chi connectivity index (χ0n) is 12.6. The molecule has 1 N–H and O–H groups in total. The Balaban J connectivity index is 2.00. The second-order valence-electron chi connectivity index (χ2n) is 5.06. The van der Waals surface area contributed by atoms with E-state index >= 15 is 0 Å². The van der Waals surface area contributed by atoms with Crippen LogP contribution in [0.15, 0.2) is 36.7 Å². The van der Waals surface area contributed by atoms with Gasteiger partial charge in [-0.05, 0) is 18.2 Å². The molecule has 9 nitrogen and oxygen atoms in total. The predicted molar refractivity (Wildman–Crippen MR) is 83.9 cm³/mol. The molecule has 1 aliphatic rings. The number of anilines is 2. The van der Waals surface area contributed by atoms with Crippen LogP contribution in [0, 0.1) is 10.1 Å². The molecule has 0 unspecified atom stereocenters. The summed E-state index contributed by atoms with van der Waals surface area (Å²) in [5.74, 6) is -0.521. The third-order valence-electron chi connectivity index (χ3n) is 3.55. The third-order valence-corrected chi connectivity index (χ3v) is 3.55. The average Bonchev–Trinajstić information content (AvgIpc) is 2.58. The lowest BCUT2D eigenvalue weighted by Crippen LogP contribution is -2.32. The van der Waals surface area contributed by atoms with Crippen LogP contribution < -0.4 is 10.2 Å². The van der Waals surface area contributed by atoms with Gasteiger partial charge in [0, 0.05) is 31.1 Å². The van der Waals surface area contributed by atoms with E-state index in [1.165, 1.54) is 36.5 Å². The molecule has 3 rings (SSSR count). The summed E-state index contributed by atoms with van der Waals surface area (Å²) in [4.78, 5) is 39.5. The molecule has 2 aromatic rings. The summed E-state index contributed by atoms with van der Waals surface area (Å²) in [6, 6.07) is 5.81. The minimum Gasteiger partial charge on any atom is -0.444 e. The van der Waals surface area contributed by atoms with Crippen LogP contribution in [0.5, 0.6) is 0 Å². The molecule has 9 heteroatoms. The van der Waals surface area contributed by atoms with Crippen LogP contribution in [0.2, 0.25) is 0 Å². The minimum absolute atomic E-state index is 0.0216. The van der Waals surface area contributed by atoms with Gasteiger partial charge in [-0.3, -0.25) is 24.8 Å². The smallest absolute Gasteiger partial charge is 0.414 e. The molecule has 0 fully saturated rings. The van der Waals surface area contributed by atoms with Gasteiger partial charge in [-0.15, -0.1) is 0 Å². The lowest BCUT2D eigenvalue weighted by molar-refractivity contribution is -0.383. The molecular formula is C15H12N4O5. The zero-order valence-corrected chi connectivity index (χ0v) is 12.6. The Morgan fingerprint density at radius 3 is 2.92 bits per heavy atom. The number of nitro groups is 1. The molecule has 0 spiro atoms. The Labute approximate surface area is 136 Å². The van der Waals surface area contributed by atoms with Crippen LogP contribution in [-0.2, 0) is 11.3 Å². The standard InChI is InChI=1S/C15H12N4O5/c1-18-12-6-13(19(22)23)11(5-10(12)8-24-15(18)21)17-14(20)9-3-2-4-16-7-9/h2-7H,8H2,1H3,(H,17,20). The number of cyclic esters (lactones) is 1. The molecule has 2 amide bonds. The van der Waals surface area contributed by atoms with Crippen LogP contribution in [0.3, 0.4) is 0 Å². The van der Waals surface area contributed by atoms with Crippen molar-refractivity contribution in [1.82, 2.24) is 4.98 Å². The minimum atomic E-state index is -0.618. The van der Waals surface area contributed by atoms with E-state index in [4.69, 9.17) is 4.74 Å². The molecule has 1 aliphatic heterocycles. The molecule has 0 radical (unpaired) electrons. The van der Waals surface area contributed by atoms with E-state index in [0.29, 0.717) is 11.3 Å². The summed E-state index contributed by atoms with van der Waals surface area (Å²) in [5.41, 5.74) is 0.918. The number of nitro benzene ring substituents is 1. The molecule has 0 bridgehead atoms. The summed E-state index contributed by atoms with van der Waals surface area (Å²) in [6.07, 6.45) is 2.28. The number of carbonyl (C=O) groups excluding carboxylic acids is 2. The molecule has 0 aliphatic carbocycles. The van der Waals surface area contributed by atoms with Crippen molar-refractivity contribution in [2.45, 2.75) is 6.61 Å². The molecule has 0 atom stereocenters. The Morgan fingerprint density at radius 1 is 1.46 bits per heavy atom. The maximum absolute atomic E-state index is 12.2. The number of ether oxygens (including phenoxy) is 1. The second-order valence-corrected chi connectivity index (χ2v) is 5.06. The third kappa shape index (κ3) is 2.74. The number of fused-ring (bicyclic) bond motifs is 1. The molecule has 0 saturated carbocycles. The number of hydrogen-bond donors (Lipinski definition) is 1. The largest absolute Gasteiger partial charge is 0.444 e. The van der Waals surface area contributed by atoms with E-state index in [1.54, 1.807) is 12.1 Å². The van der Waals surface area contributed by atoms with Crippen molar-refractivity contribution < 1.29 is 19.2 Å². The van der Waals surface area contributed by atoms with E-state index in [-0.39, 0.29) is 23.5 Å². The Kier molecular flexibility index (Phi) is 3.82. The predicted octanol–water partition coefficient (Wildman–Crippen LogP) is 2.33. The number of aromatic nitrogens is 1. The Bertz CT molecular complexity index is 837. The first-order valence-electron chi connectivity index (χ1n) is 6.90. The summed E-state index contributed by atoms with van der Waals surface area (Å²) in [5, 5.41) is 13.8. The first kappa shape index (κ1) is 15.4.